The van der Waals surface area contributed by atoms with Crippen molar-refractivity contribution in [3.63, 3.8) is 0 Å². The summed E-state index contributed by atoms with van der Waals surface area (Å²) in [6.07, 6.45) is 0.808. The fourth-order valence-corrected chi connectivity index (χ4v) is 3.42. The van der Waals surface area contributed by atoms with E-state index in [0.717, 1.165) is 6.42 Å². The monoisotopic (exact) mass is 442 g/mol. The van der Waals surface area contributed by atoms with Crippen molar-refractivity contribution < 1.29 is 33.3 Å². The number of fused-ring (bicyclic) bond motifs is 1. The summed E-state index contributed by atoms with van der Waals surface area (Å²) >= 11 is 0. The van der Waals surface area contributed by atoms with Crippen LogP contribution in [0.1, 0.15) is 16.8 Å². The lowest BCUT2D eigenvalue weighted by Gasteiger charge is -2.26. The predicted octanol–water partition coefficient (Wildman–Crippen LogP) is 2.35. The van der Waals surface area contributed by atoms with Crippen molar-refractivity contribution in [2.45, 2.75) is 6.42 Å². The third kappa shape index (κ3) is 5.23. The third-order valence-electron chi connectivity index (χ3n) is 5.15. The van der Waals surface area contributed by atoms with Gasteiger partial charge < -0.3 is 33.9 Å². The zero-order valence-corrected chi connectivity index (χ0v) is 17.9. The zero-order valence-electron chi connectivity index (χ0n) is 17.9. The van der Waals surface area contributed by atoms with E-state index in [1.54, 1.807) is 41.3 Å². The highest BCUT2D eigenvalue weighted by molar-refractivity contribution is 6.04. The zero-order chi connectivity index (χ0) is 22.3. The van der Waals surface area contributed by atoms with Gasteiger partial charge in [0.15, 0.2) is 29.6 Å². The molecule has 9 nitrogen and oxygen atoms in total. The van der Waals surface area contributed by atoms with Gasteiger partial charge in [-0.3, -0.25) is 9.59 Å². The van der Waals surface area contributed by atoms with Crippen LogP contribution in [0.15, 0.2) is 36.4 Å². The Bertz CT molecular complexity index is 973. The first-order valence-corrected chi connectivity index (χ1v) is 10.5. The molecule has 0 atom stereocenters. The number of ether oxygens (including phenoxy) is 5. The number of hydrogen-bond donors (Lipinski definition) is 1. The maximum absolute atomic E-state index is 12.7. The van der Waals surface area contributed by atoms with Crippen molar-refractivity contribution >= 4 is 17.5 Å². The molecule has 1 N–H and O–H groups in total. The summed E-state index contributed by atoms with van der Waals surface area (Å²) in [7, 11) is 1.48. The molecule has 1 saturated heterocycles. The van der Waals surface area contributed by atoms with Crippen molar-refractivity contribution in [1.82, 2.24) is 4.90 Å². The Labute approximate surface area is 186 Å². The summed E-state index contributed by atoms with van der Waals surface area (Å²) < 4.78 is 27.6. The van der Waals surface area contributed by atoms with Crippen molar-refractivity contribution in [2.75, 3.05) is 58.6 Å². The Morgan fingerprint density at radius 3 is 2.53 bits per heavy atom. The van der Waals surface area contributed by atoms with Crippen LogP contribution in [0.25, 0.3) is 0 Å². The van der Waals surface area contributed by atoms with Crippen molar-refractivity contribution in [2.24, 2.45) is 0 Å². The van der Waals surface area contributed by atoms with E-state index < -0.39 is 0 Å². The molecule has 0 saturated carbocycles. The quantitative estimate of drug-likeness (QED) is 0.734. The van der Waals surface area contributed by atoms with Crippen LogP contribution < -0.4 is 24.3 Å². The average molecular weight is 442 g/mol. The fraction of sp³-hybridized carbons (Fsp3) is 0.391. The lowest BCUT2D eigenvalue weighted by molar-refractivity contribution is -0.137. The van der Waals surface area contributed by atoms with E-state index in [9.17, 15) is 9.59 Å². The molecule has 2 amide bonds. The van der Waals surface area contributed by atoms with E-state index in [4.69, 9.17) is 23.7 Å². The number of nitrogens with zero attached hydrogens (tertiary/aromatic N) is 1. The van der Waals surface area contributed by atoms with Gasteiger partial charge >= 0.3 is 0 Å². The van der Waals surface area contributed by atoms with Gasteiger partial charge in [-0.1, -0.05) is 0 Å². The van der Waals surface area contributed by atoms with Gasteiger partial charge in [-0.25, -0.2) is 0 Å². The summed E-state index contributed by atoms with van der Waals surface area (Å²) in [6, 6.07) is 10.1. The molecule has 9 heteroatoms. The van der Waals surface area contributed by atoms with Crippen LogP contribution in [0.2, 0.25) is 0 Å². The minimum atomic E-state index is -0.311. The number of anilines is 1. The molecule has 0 unspecified atom stereocenters. The van der Waals surface area contributed by atoms with Gasteiger partial charge in [0, 0.05) is 36.8 Å². The molecule has 2 aliphatic rings. The first-order valence-electron chi connectivity index (χ1n) is 10.5. The number of hydrogen-bond acceptors (Lipinski definition) is 7. The summed E-state index contributed by atoms with van der Waals surface area (Å²) in [5, 5.41) is 2.85. The van der Waals surface area contributed by atoms with E-state index in [-0.39, 0.29) is 18.4 Å². The van der Waals surface area contributed by atoms with Crippen molar-refractivity contribution in [1.29, 1.82) is 0 Å². The van der Waals surface area contributed by atoms with Crippen LogP contribution >= 0.6 is 0 Å². The normalized spacial score (nSPS) is 15.5. The molecule has 2 aromatic rings. The summed E-state index contributed by atoms with van der Waals surface area (Å²) in [6.45, 7) is 3.22. The van der Waals surface area contributed by atoms with E-state index >= 15 is 0 Å². The summed E-state index contributed by atoms with van der Waals surface area (Å²) in [5.41, 5.74) is 0.982. The number of rotatable bonds is 6. The first kappa shape index (κ1) is 21.8. The molecule has 32 heavy (non-hydrogen) atoms. The molecule has 0 radical (unpaired) electrons. The molecule has 170 valence electrons. The van der Waals surface area contributed by atoms with E-state index in [2.05, 4.69) is 5.32 Å². The Kier molecular flexibility index (Phi) is 6.96. The number of benzene rings is 2. The number of carbonyl (C=O) groups excluding carboxylic acids is 2. The van der Waals surface area contributed by atoms with Crippen molar-refractivity contribution in [3.8, 4) is 23.0 Å². The van der Waals surface area contributed by atoms with Crippen LogP contribution in [0.5, 0.6) is 23.0 Å². The van der Waals surface area contributed by atoms with Crippen LogP contribution in [0, 0.1) is 0 Å². The average Bonchev–Trinajstić information content (AvgIpc) is 3.08. The molecule has 0 bridgehead atoms. The standard InChI is InChI=1S/C23H26N2O7/c1-28-20-13-16(3-5-18(20)32-15-22(26)25-7-11-29-12-8-25)23(27)24-17-4-6-19-21(14-17)31-10-2-9-30-19/h3-6,13-14H,2,7-12,15H2,1H3,(H,24,27). The second-order valence-electron chi connectivity index (χ2n) is 7.31. The molecule has 4 rings (SSSR count). The largest absolute Gasteiger partial charge is 0.493 e. The first-order chi connectivity index (χ1) is 15.6. The smallest absolute Gasteiger partial charge is 0.260 e. The highest BCUT2D eigenvalue weighted by Gasteiger charge is 2.19. The number of nitrogens with one attached hydrogen (secondary N) is 1. The van der Waals surface area contributed by atoms with Gasteiger partial charge in [0.25, 0.3) is 11.8 Å². The lowest BCUT2D eigenvalue weighted by Crippen LogP contribution is -2.43. The minimum Gasteiger partial charge on any atom is -0.493 e. The molecular weight excluding hydrogens is 416 g/mol. The number of methoxy groups -OCH3 is 1. The van der Waals surface area contributed by atoms with Gasteiger partial charge in [0.2, 0.25) is 0 Å². The minimum absolute atomic E-state index is 0.112. The molecule has 1 fully saturated rings. The Hall–Kier alpha value is -3.46. The van der Waals surface area contributed by atoms with Crippen LogP contribution in [0.3, 0.4) is 0 Å². The molecule has 2 heterocycles. The summed E-state index contributed by atoms with van der Waals surface area (Å²) in [4.78, 5) is 26.7. The number of amides is 2. The highest BCUT2D eigenvalue weighted by Crippen LogP contribution is 2.33. The number of carbonyl (C=O) groups is 2. The van der Waals surface area contributed by atoms with Crippen molar-refractivity contribution in [3.05, 3.63) is 42.0 Å². The van der Waals surface area contributed by atoms with E-state index in [1.807, 2.05) is 0 Å². The lowest BCUT2D eigenvalue weighted by atomic mass is 10.1. The molecule has 2 aromatic carbocycles. The van der Waals surface area contributed by atoms with Crippen LogP contribution in [0.4, 0.5) is 5.69 Å². The predicted molar refractivity (Wildman–Crippen MR) is 116 cm³/mol. The van der Waals surface area contributed by atoms with E-state index in [1.165, 1.54) is 7.11 Å². The molecule has 0 aliphatic carbocycles. The van der Waals surface area contributed by atoms with Gasteiger partial charge in [-0.15, -0.1) is 0 Å². The second kappa shape index (κ2) is 10.2. The van der Waals surface area contributed by atoms with E-state index in [0.29, 0.717) is 73.8 Å². The Morgan fingerprint density at radius 2 is 1.75 bits per heavy atom. The van der Waals surface area contributed by atoms with Gasteiger partial charge in [-0.05, 0) is 30.3 Å². The molecule has 0 spiro atoms. The maximum atomic E-state index is 12.7. The number of morpholine rings is 1. The van der Waals surface area contributed by atoms with Crippen LogP contribution in [-0.4, -0.2) is 69.9 Å². The molecule has 2 aliphatic heterocycles. The topological polar surface area (TPSA) is 95.6 Å². The highest BCUT2D eigenvalue weighted by atomic mass is 16.5. The maximum Gasteiger partial charge on any atom is 0.260 e. The fourth-order valence-electron chi connectivity index (χ4n) is 3.42. The molecule has 0 aromatic heterocycles. The molecular formula is C23H26N2O7. The Morgan fingerprint density at radius 1 is 0.969 bits per heavy atom. The Balaban J connectivity index is 1.40. The van der Waals surface area contributed by atoms with Crippen LogP contribution in [-0.2, 0) is 9.53 Å². The third-order valence-corrected chi connectivity index (χ3v) is 5.15. The van der Waals surface area contributed by atoms with Gasteiger partial charge in [-0.2, -0.15) is 0 Å². The van der Waals surface area contributed by atoms with Gasteiger partial charge in [0.1, 0.15) is 0 Å². The second-order valence-corrected chi connectivity index (χ2v) is 7.31. The SMILES string of the molecule is COc1cc(C(=O)Nc2ccc3c(c2)OCCCO3)ccc1OCC(=O)N1CCOCC1. The van der Waals surface area contributed by atoms with Gasteiger partial charge in [0.05, 0.1) is 33.5 Å². The summed E-state index contributed by atoms with van der Waals surface area (Å²) in [5.74, 6) is 1.59.